The topological polar surface area (TPSA) is 59.4 Å². The summed E-state index contributed by atoms with van der Waals surface area (Å²) in [6, 6.07) is 16.5. The van der Waals surface area contributed by atoms with Crippen LogP contribution in [0, 0.1) is 0 Å². The molecule has 0 fully saturated rings. The number of fused-ring (bicyclic) bond motifs is 1. The van der Waals surface area contributed by atoms with Crippen molar-refractivity contribution in [2.75, 3.05) is 13.1 Å². The number of sulfone groups is 1. The van der Waals surface area contributed by atoms with Crippen LogP contribution < -0.4 is 0 Å². The summed E-state index contributed by atoms with van der Waals surface area (Å²) in [5.74, 6) is -0.0541. The number of likely N-dealkylation sites (N-methyl/N-ethyl adjacent to an activating group) is 1. The molecule has 29 heavy (non-hydrogen) atoms. The molecule has 0 aliphatic rings. The molecule has 1 aromatic heterocycles. The first-order valence-corrected chi connectivity index (χ1v) is 11.7. The van der Waals surface area contributed by atoms with Gasteiger partial charge < -0.3 is 9.47 Å². The smallest absolute Gasteiger partial charge is 0.242 e. The lowest BCUT2D eigenvalue weighted by molar-refractivity contribution is -0.131. The number of hydrogen-bond donors (Lipinski definition) is 0. The number of aromatic nitrogens is 1. The van der Waals surface area contributed by atoms with Gasteiger partial charge in [0.1, 0.15) is 6.54 Å². The maximum atomic E-state index is 13.1. The summed E-state index contributed by atoms with van der Waals surface area (Å²) in [6.45, 7) is 5.58. The van der Waals surface area contributed by atoms with Crippen LogP contribution in [0.5, 0.6) is 0 Å². The first-order chi connectivity index (χ1) is 14.0. The molecule has 6 heteroatoms. The van der Waals surface area contributed by atoms with Gasteiger partial charge >= 0.3 is 0 Å². The highest BCUT2D eigenvalue weighted by atomic mass is 32.2. The Labute approximate surface area is 172 Å². The maximum absolute atomic E-state index is 13.1. The summed E-state index contributed by atoms with van der Waals surface area (Å²) in [4.78, 5) is 14.9. The Bertz CT molecular complexity index is 1070. The molecule has 0 saturated carbocycles. The van der Waals surface area contributed by atoms with E-state index in [4.69, 9.17) is 0 Å². The van der Waals surface area contributed by atoms with Gasteiger partial charge in [0, 0.05) is 30.2 Å². The van der Waals surface area contributed by atoms with E-state index in [1.807, 2.05) is 66.4 Å². The fourth-order valence-corrected chi connectivity index (χ4v) is 5.10. The zero-order valence-electron chi connectivity index (χ0n) is 17.0. The van der Waals surface area contributed by atoms with Gasteiger partial charge in [-0.25, -0.2) is 8.42 Å². The van der Waals surface area contributed by atoms with E-state index in [9.17, 15) is 13.2 Å². The Balaban J connectivity index is 1.94. The average Bonchev–Trinajstić information content (AvgIpc) is 3.08. The van der Waals surface area contributed by atoms with Crippen LogP contribution in [0.15, 0.2) is 65.7 Å². The van der Waals surface area contributed by atoms with Crippen molar-refractivity contribution in [3.8, 4) is 0 Å². The van der Waals surface area contributed by atoms with Crippen LogP contribution in [0.4, 0.5) is 0 Å². The van der Waals surface area contributed by atoms with Crippen molar-refractivity contribution in [2.45, 2.75) is 43.9 Å². The SMILES string of the molecule is CCCCN(CC)C(=O)Cn1cc(S(=O)(=O)Cc2ccccc2)c2ccccc21. The van der Waals surface area contributed by atoms with E-state index >= 15 is 0 Å². The molecule has 0 bridgehead atoms. The Morgan fingerprint density at radius 2 is 1.69 bits per heavy atom. The molecule has 0 radical (unpaired) electrons. The molecule has 3 rings (SSSR count). The van der Waals surface area contributed by atoms with E-state index in [0.717, 1.165) is 30.5 Å². The second-order valence-electron chi connectivity index (χ2n) is 7.21. The van der Waals surface area contributed by atoms with Crippen LogP contribution >= 0.6 is 0 Å². The van der Waals surface area contributed by atoms with Crippen LogP contribution in [0.3, 0.4) is 0 Å². The number of carbonyl (C=O) groups is 1. The molecule has 5 nitrogen and oxygen atoms in total. The molecule has 0 aliphatic heterocycles. The van der Waals surface area contributed by atoms with E-state index < -0.39 is 9.84 Å². The van der Waals surface area contributed by atoms with E-state index in [1.54, 1.807) is 10.8 Å². The molecular weight excluding hydrogens is 384 g/mol. The Morgan fingerprint density at radius 3 is 2.38 bits per heavy atom. The second kappa shape index (κ2) is 9.27. The number of para-hydroxylation sites is 1. The fraction of sp³-hybridized carbons (Fsp3) is 0.348. The molecular formula is C23H28N2O3S. The van der Waals surface area contributed by atoms with Crippen LogP contribution in [-0.4, -0.2) is 36.9 Å². The van der Waals surface area contributed by atoms with Crippen molar-refractivity contribution in [1.29, 1.82) is 0 Å². The van der Waals surface area contributed by atoms with E-state index in [1.165, 1.54) is 0 Å². The van der Waals surface area contributed by atoms with Gasteiger partial charge in [-0.05, 0) is 25.0 Å². The summed E-state index contributed by atoms with van der Waals surface area (Å²) in [5, 5.41) is 0.660. The van der Waals surface area contributed by atoms with Crippen molar-refractivity contribution in [3.05, 3.63) is 66.4 Å². The molecule has 0 atom stereocenters. The average molecular weight is 413 g/mol. The number of unbranched alkanes of at least 4 members (excludes halogenated alkanes) is 1. The lowest BCUT2D eigenvalue weighted by atomic mass is 10.2. The molecule has 1 heterocycles. The molecule has 0 spiro atoms. The lowest BCUT2D eigenvalue weighted by Gasteiger charge is -2.21. The molecule has 154 valence electrons. The zero-order valence-corrected chi connectivity index (χ0v) is 17.9. The Hall–Kier alpha value is -2.60. The van der Waals surface area contributed by atoms with Crippen LogP contribution in [0.25, 0.3) is 10.9 Å². The Morgan fingerprint density at radius 1 is 1.00 bits per heavy atom. The van der Waals surface area contributed by atoms with E-state index in [0.29, 0.717) is 11.9 Å². The number of nitrogens with zero attached hydrogens (tertiary/aromatic N) is 2. The highest BCUT2D eigenvalue weighted by molar-refractivity contribution is 7.90. The normalized spacial score (nSPS) is 11.7. The first kappa shape index (κ1) is 21.1. The third kappa shape index (κ3) is 4.88. The highest BCUT2D eigenvalue weighted by Gasteiger charge is 2.23. The number of rotatable bonds is 9. The quantitative estimate of drug-likeness (QED) is 0.527. The molecule has 0 aliphatic carbocycles. The molecule has 0 saturated heterocycles. The molecule has 2 aromatic carbocycles. The van der Waals surface area contributed by atoms with E-state index in [-0.39, 0.29) is 23.1 Å². The standard InChI is InChI=1S/C23H28N2O3S/c1-3-5-15-24(4-2)23(26)17-25-16-22(20-13-9-10-14-21(20)25)29(27,28)18-19-11-7-6-8-12-19/h6-14,16H,3-5,15,17-18H2,1-2H3. The van der Waals surface area contributed by atoms with Crippen LogP contribution in [0.1, 0.15) is 32.3 Å². The molecule has 3 aromatic rings. The van der Waals surface area contributed by atoms with Crippen molar-refractivity contribution in [3.63, 3.8) is 0 Å². The van der Waals surface area contributed by atoms with Gasteiger partial charge in [-0.1, -0.05) is 61.9 Å². The minimum atomic E-state index is -3.54. The first-order valence-electron chi connectivity index (χ1n) is 10.1. The lowest BCUT2D eigenvalue weighted by Crippen LogP contribution is -2.34. The summed E-state index contributed by atoms with van der Waals surface area (Å²) in [7, 11) is -3.54. The predicted octanol–water partition coefficient (Wildman–Crippen LogP) is 4.26. The summed E-state index contributed by atoms with van der Waals surface area (Å²) < 4.78 is 28.0. The fourth-order valence-electron chi connectivity index (χ4n) is 3.52. The minimum absolute atomic E-state index is 0.00807. The monoisotopic (exact) mass is 412 g/mol. The van der Waals surface area contributed by atoms with Crippen molar-refractivity contribution >= 4 is 26.6 Å². The van der Waals surface area contributed by atoms with Gasteiger partial charge in [-0.15, -0.1) is 0 Å². The Kier molecular flexibility index (Phi) is 6.75. The van der Waals surface area contributed by atoms with Gasteiger partial charge in [0.2, 0.25) is 5.91 Å². The zero-order chi connectivity index (χ0) is 20.9. The minimum Gasteiger partial charge on any atom is -0.341 e. The summed E-state index contributed by atoms with van der Waals surface area (Å²) >= 11 is 0. The summed E-state index contributed by atoms with van der Waals surface area (Å²) in [6.07, 6.45) is 3.61. The number of benzene rings is 2. The third-order valence-electron chi connectivity index (χ3n) is 5.11. The second-order valence-corrected chi connectivity index (χ2v) is 9.17. The number of hydrogen-bond acceptors (Lipinski definition) is 3. The van der Waals surface area contributed by atoms with Crippen molar-refractivity contribution < 1.29 is 13.2 Å². The van der Waals surface area contributed by atoms with Gasteiger partial charge in [0.15, 0.2) is 9.84 Å². The van der Waals surface area contributed by atoms with E-state index in [2.05, 4.69) is 6.92 Å². The van der Waals surface area contributed by atoms with Crippen molar-refractivity contribution in [1.82, 2.24) is 9.47 Å². The van der Waals surface area contributed by atoms with Gasteiger partial charge in [0.25, 0.3) is 0 Å². The van der Waals surface area contributed by atoms with Gasteiger partial charge in [-0.3, -0.25) is 4.79 Å². The van der Waals surface area contributed by atoms with Crippen LogP contribution in [0.2, 0.25) is 0 Å². The van der Waals surface area contributed by atoms with Crippen molar-refractivity contribution in [2.24, 2.45) is 0 Å². The summed E-state index contributed by atoms with van der Waals surface area (Å²) in [5.41, 5.74) is 1.51. The third-order valence-corrected chi connectivity index (χ3v) is 6.82. The molecule has 1 amide bonds. The van der Waals surface area contributed by atoms with Gasteiger partial charge in [-0.2, -0.15) is 0 Å². The molecule has 0 unspecified atom stereocenters. The highest BCUT2D eigenvalue weighted by Crippen LogP contribution is 2.28. The number of carbonyl (C=O) groups excluding carboxylic acids is 1. The molecule has 0 N–H and O–H groups in total. The van der Waals surface area contributed by atoms with Crippen LogP contribution in [-0.2, 0) is 26.9 Å². The largest absolute Gasteiger partial charge is 0.341 e. The number of amides is 1. The van der Waals surface area contributed by atoms with Gasteiger partial charge in [0.05, 0.1) is 10.6 Å². The predicted molar refractivity (Wildman–Crippen MR) is 116 cm³/mol. The maximum Gasteiger partial charge on any atom is 0.242 e.